The third-order valence-electron chi connectivity index (χ3n) is 3.69. The Morgan fingerprint density at radius 1 is 1.30 bits per heavy atom. The minimum Gasteiger partial charge on any atom is -0.496 e. The standard InChI is InChI=1S/C18H20ClN3O4S/c1-13-9-16(7-8-17(13)26-3)27(24,25)22(2)12-18(23)21-20-11-14-5-4-6-15(19)10-14/h4-11H,12H2,1-3H3,(H,21,23)/b20-11+. The largest absolute Gasteiger partial charge is 0.496 e. The lowest BCUT2D eigenvalue weighted by Crippen LogP contribution is -2.36. The molecular weight excluding hydrogens is 390 g/mol. The third kappa shape index (κ3) is 5.53. The number of hydrazone groups is 1. The van der Waals surface area contributed by atoms with Gasteiger partial charge in [-0.1, -0.05) is 23.7 Å². The summed E-state index contributed by atoms with van der Waals surface area (Å²) in [6.07, 6.45) is 1.42. The van der Waals surface area contributed by atoms with Crippen LogP contribution in [0.15, 0.2) is 52.5 Å². The van der Waals surface area contributed by atoms with E-state index in [1.165, 1.54) is 32.5 Å². The van der Waals surface area contributed by atoms with Crippen molar-refractivity contribution in [2.24, 2.45) is 5.10 Å². The lowest BCUT2D eigenvalue weighted by Gasteiger charge is -2.17. The lowest BCUT2D eigenvalue weighted by atomic mass is 10.2. The Bertz CT molecular complexity index is 961. The first-order valence-electron chi connectivity index (χ1n) is 7.92. The fraction of sp³-hybridized carbons (Fsp3) is 0.222. The van der Waals surface area contributed by atoms with Crippen LogP contribution in [0.1, 0.15) is 11.1 Å². The topological polar surface area (TPSA) is 88.1 Å². The van der Waals surface area contributed by atoms with E-state index in [9.17, 15) is 13.2 Å². The Kier molecular flexibility index (Phi) is 6.95. The maximum atomic E-state index is 12.6. The number of nitrogens with zero attached hydrogens (tertiary/aromatic N) is 2. The number of carbonyl (C=O) groups excluding carboxylic acids is 1. The van der Waals surface area contributed by atoms with Gasteiger partial charge in [0.25, 0.3) is 5.91 Å². The van der Waals surface area contributed by atoms with E-state index in [1.54, 1.807) is 37.3 Å². The summed E-state index contributed by atoms with van der Waals surface area (Å²) in [7, 11) is -0.977. The number of amides is 1. The first-order chi connectivity index (χ1) is 12.7. The van der Waals surface area contributed by atoms with Gasteiger partial charge >= 0.3 is 0 Å². The molecule has 27 heavy (non-hydrogen) atoms. The fourth-order valence-corrected chi connectivity index (χ4v) is 3.69. The molecule has 144 valence electrons. The van der Waals surface area contributed by atoms with Gasteiger partial charge in [-0.2, -0.15) is 9.41 Å². The molecule has 1 amide bonds. The molecule has 0 atom stereocenters. The molecule has 1 N–H and O–H groups in total. The number of hydrogen-bond donors (Lipinski definition) is 1. The van der Waals surface area contributed by atoms with Gasteiger partial charge in [0.05, 0.1) is 24.8 Å². The SMILES string of the molecule is COc1ccc(S(=O)(=O)N(C)CC(=O)N/N=C/c2cccc(Cl)c2)cc1C. The molecule has 0 spiro atoms. The van der Waals surface area contributed by atoms with Gasteiger partial charge in [-0.3, -0.25) is 4.79 Å². The Hall–Kier alpha value is -2.42. The number of sulfonamides is 1. The Labute approximate surface area is 163 Å². The van der Waals surface area contributed by atoms with Crippen LogP contribution in [-0.4, -0.2) is 45.5 Å². The van der Waals surface area contributed by atoms with Crippen LogP contribution >= 0.6 is 11.6 Å². The van der Waals surface area contributed by atoms with Crippen LogP contribution in [-0.2, 0) is 14.8 Å². The highest BCUT2D eigenvalue weighted by atomic mass is 35.5. The zero-order chi connectivity index (χ0) is 20.0. The zero-order valence-electron chi connectivity index (χ0n) is 15.1. The number of rotatable bonds is 7. The van der Waals surface area contributed by atoms with E-state index >= 15 is 0 Å². The molecule has 2 rings (SSSR count). The van der Waals surface area contributed by atoms with E-state index in [-0.39, 0.29) is 11.4 Å². The van der Waals surface area contributed by atoms with Crippen LogP contribution in [0, 0.1) is 6.92 Å². The van der Waals surface area contributed by atoms with Crippen molar-refractivity contribution in [1.29, 1.82) is 0 Å². The summed E-state index contributed by atoms with van der Waals surface area (Å²) < 4.78 is 31.3. The monoisotopic (exact) mass is 409 g/mol. The number of hydrogen-bond acceptors (Lipinski definition) is 5. The van der Waals surface area contributed by atoms with Gasteiger partial charge in [0.2, 0.25) is 10.0 Å². The number of nitrogens with one attached hydrogen (secondary N) is 1. The van der Waals surface area contributed by atoms with Gasteiger partial charge in [-0.25, -0.2) is 13.8 Å². The number of halogens is 1. The highest BCUT2D eigenvalue weighted by molar-refractivity contribution is 7.89. The minimum absolute atomic E-state index is 0.0820. The van der Waals surface area contributed by atoms with Crippen molar-refractivity contribution in [3.8, 4) is 5.75 Å². The van der Waals surface area contributed by atoms with Crippen molar-refractivity contribution >= 4 is 33.7 Å². The molecule has 0 aliphatic carbocycles. The van der Waals surface area contributed by atoms with E-state index in [0.717, 1.165) is 4.31 Å². The predicted molar refractivity (Wildman–Crippen MR) is 105 cm³/mol. The Morgan fingerprint density at radius 3 is 2.67 bits per heavy atom. The first kappa shape index (κ1) is 20.9. The number of likely N-dealkylation sites (N-methyl/N-ethyl adjacent to an activating group) is 1. The third-order valence-corrected chi connectivity index (χ3v) is 5.73. The maximum absolute atomic E-state index is 12.6. The summed E-state index contributed by atoms with van der Waals surface area (Å²) in [4.78, 5) is 12.1. The van der Waals surface area contributed by atoms with E-state index < -0.39 is 15.9 Å². The fourth-order valence-electron chi connectivity index (χ4n) is 2.28. The maximum Gasteiger partial charge on any atom is 0.255 e. The van der Waals surface area contributed by atoms with Crippen LogP contribution in [0.5, 0.6) is 5.75 Å². The molecule has 0 aromatic heterocycles. The molecule has 0 radical (unpaired) electrons. The second-order valence-electron chi connectivity index (χ2n) is 5.74. The van der Waals surface area contributed by atoms with Crippen LogP contribution in [0.2, 0.25) is 5.02 Å². The van der Waals surface area contributed by atoms with E-state index in [1.807, 2.05) is 0 Å². The number of carbonyl (C=O) groups is 1. The van der Waals surface area contributed by atoms with Crippen LogP contribution < -0.4 is 10.2 Å². The van der Waals surface area contributed by atoms with E-state index in [4.69, 9.17) is 16.3 Å². The summed E-state index contributed by atoms with van der Waals surface area (Å²) in [5.41, 5.74) is 3.68. The van der Waals surface area contributed by atoms with Crippen molar-refractivity contribution in [2.45, 2.75) is 11.8 Å². The van der Waals surface area contributed by atoms with E-state index in [2.05, 4.69) is 10.5 Å². The van der Waals surface area contributed by atoms with Gasteiger partial charge in [-0.15, -0.1) is 0 Å². The molecular formula is C18H20ClN3O4S. The number of benzene rings is 2. The van der Waals surface area contributed by atoms with Crippen LogP contribution in [0.4, 0.5) is 0 Å². The van der Waals surface area contributed by atoms with Crippen molar-refractivity contribution in [3.63, 3.8) is 0 Å². The molecule has 9 heteroatoms. The number of ether oxygens (including phenoxy) is 1. The zero-order valence-corrected chi connectivity index (χ0v) is 16.7. The minimum atomic E-state index is -3.82. The lowest BCUT2D eigenvalue weighted by molar-refractivity contribution is -0.121. The van der Waals surface area contributed by atoms with Gasteiger partial charge < -0.3 is 4.74 Å². The molecule has 0 heterocycles. The Balaban J connectivity index is 2.01. The molecule has 2 aromatic rings. The van der Waals surface area contributed by atoms with Crippen LogP contribution in [0.3, 0.4) is 0 Å². The summed E-state index contributed by atoms with van der Waals surface area (Å²) in [6, 6.07) is 11.4. The summed E-state index contributed by atoms with van der Waals surface area (Å²) in [5.74, 6) is 0.0225. The first-order valence-corrected chi connectivity index (χ1v) is 9.74. The van der Waals surface area contributed by atoms with Crippen LogP contribution in [0.25, 0.3) is 0 Å². The summed E-state index contributed by atoms with van der Waals surface area (Å²) >= 11 is 5.86. The molecule has 0 bridgehead atoms. The van der Waals surface area contributed by atoms with Gasteiger partial charge in [0, 0.05) is 12.1 Å². The molecule has 0 aliphatic heterocycles. The molecule has 7 nitrogen and oxygen atoms in total. The van der Waals surface area contributed by atoms with Crippen molar-refractivity contribution in [3.05, 3.63) is 58.6 Å². The van der Waals surface area contributed by atoms with Crippen molar-refractivity contribution in [2.75, 3.05) is 20.7 Å². The second kappa shape index (κ2) is 8.98. The molecule has 0 saturated carbocycles. The molecule has 0 aliphatic rings. The van der Waals surface area contributed by atoms with Gasteiger partial charge in [0.15, 0.2) is 0 Å². The average Bonchev–Trinajstić information content (AvgIpc) is 2.61. The van der Waals surface area contributed by atoms with Gasteiger partial charge in [-0.05, 0) is 48.4 Å². The summed E-state index contributed by atoms with van der Waals surface area (Å²) in [6.45, 7) is 1.37. The highest BCUT2D eigenvalue weighted by Crippen LogP contribution is 2.23. The van der Waals surface area contributed by atoms with Crippen molar-refractivity contribution in [1.82, 2.24) is 9.73 Å². The average molecular weight is 410 g/mol. The van der Waals surface area contributed by atoms with Crippen molar-refractivity contribution < 1.29 is 17.9 Å². The van der Waals surface area contributed by atoms with E-state index in [0.29, 0.717) is 21.9 Å². The summed E-state index contributed by atoms with van der Waals surface area (Å²) in [5, 5.41) is 4.35. The number of methoxy groups -OCH3 is 1. The number of aryl methyl sites for hydroxylation is 1. The quantitative estimate of drug-likeness (QED) is 0.562. The second-order valence-corrected chi connectivity index (χ2v) is 8.22. The Morgan fingerprint density at radius 2 is 2.04 bits per heavy atom. The molecule has 0 unspecified atom stereocenters. The molecule has 0 fully saturated rings. The van der Waals surface area contributed by atoms with Gasteiger partial charge in [0.1, 0.15) is 5.75 Å². The highest BCUT2D eigenvalue weighted by Gasteiger charge is 2.23. The smallest absolute Gasteiger partial charge is 0.255 e. The normalized spacial score (nSPS) is 11.7. The predicted octanol–water partition coefficient (Wildman–Crippen LogP) is 2.43. The molecule has 0 saturated heterocycles. The molecule has 2 aromatic carbocycles.